The molecule has 1 aliphatic heterocycles. The molecular weight excluding hydrogens is 279 g/mol. The first-order valence-electron chi connectivity index (χ1n) is 6.72. The van der Waals surface area contributed by atoms with Gasteiger partial charge in [0.05, 0.1) is 11.5 Å². The second-order valence-electron chi connectivity index (χ2n) is 5.47. The molecule has 0 spiro atoms. The number of nitrogens with two attached hydrogens (primary N) is 1. The van der Waals surface area contributed by atoms with Crippen molar-refractivity contribution in [2.75, 3.05) is 25.1 Å². The highest BCUT2D eigenvalue weighted by Gasteiger charge is 2.34. The molecule has 2 atom stereocenters. The Kier molecular flexibility index (Phi) is 4.46. The van der Waals surface area contributed by atoms with Crippen LogP contribution in [0.4, 0.5) is 4.39 Å². The van der Waals surface area contributed by atoms with Gasteiger partial charge in [-0.05, 0) is 43.7 Å². The van der Waals surface area contributed by atoms with Crippen LogP contribution >= 0.6 is 0 Å². The van der Waals surface area contributed by atoms with Crippen molar-refractivity contribution in [3.8, 4) is 0 Å². The van der Waals surface area contributed by atoms with Gasteiger partial charge in [0.15, 0.2) is 9.84 Å². The number of benzene rings is 1. The van der Waals surface area contributed by atoms with E-state index in [4.69, 9.17) is 5.73 Å². The number of hydrogen-bond donors (Lipinski definition) is 1. The predicted molar refractivity (Wildman–Crippen MR) is 77.8 cm³/mol. The molecule has 2 N–H and O–H groups in total. The Bertz CT molecular complexity index is 589. The van der Waals surface area contributed by atoms with E-state index in [2.05, 4.69) is 0 Å². The quantitative estimate of drug-likeness (QED) is 0.909. The van der Waals surface area contributed by atoms with E-state index < -0.39 is 9.84 Å². The highest BCUT2D eigenvalue weighted by atomic mass is 32.2. The summed E-state index contributed by atoms with van der Waals surface area (Å²) in [6.07, 6.45) is 0.615. The van der Waals surface area contributed by atoms with Gasteiger partial charge in [-0.1, -0.05) is 6.07 Å². The molecule has 112 valence electrons. The summed E-state index contributed by atoms with van der Waals surface area (Å²) in [6.45, 7) is 2.24. The number of sulfone groups is 1. The third kappa shape index (κ3) is 3.19. The third-order valence-corrected chi connectivity index (χ3v) is 5.85. The van der Waals surface area contributed by atoms with Crippen molar-refractivity contribution in [2.45, 2.75) is 25.4 Å². The van der Waals surface area contributed by atoms with Crippen LogP contribution in [0.25, 0.3) is 0 Å². The Morgan fingerprint density at radius 2 is 2.20 bits per heavy atom. The van der Waals surface area contributed by atoms with Crippen LogP contribution in [-0.2, 0) is 9.84 Å². The first-order valence-corrected chi connectivity index (χ1v) is 8.54. The van der Waals surface area contributed by atoms with E-state index in [9.17, 15) is 12.8 Å². The zero-order valence-electron chi connectivity index (χ0n) is 11.8. The number of rotatable bonds is 4. The van der Waals surface area contributed by atoms with Crippen molar-refractivity contribution in [3.63, 3.8) is 0 Å². The molecular formula is C14H21FN2O2S. The van der Waals surface area contributed by atoms with Crippen LogP contribution in [0.1, 0.15) is 23.6 Å². The Hall–Kier alpha value is -0.980. The molecule has 0 aliphatic carbocycles. The standard InChI is InChI=1S/C14H21FN2O2S/c1-10-3-4-11(15)7-13(10)14(8-16)17(2)12-5-6-20(18,19)9-12/h3-4,7,12,14H,5-6,8-9,16H2,1-2H3. The first-order chi connectivity index (χ1) is 9.34. The number of hydrogen-bond acceptors (Lipinski definition) is 4. The highest BCUT2D eigenvalue weighted by Crippen LogP contribution is 2.28. The lowest BCUT2D eigenvalue weighted by Gasteiger charge is -2.32. The summed E-state index contributed by atoms with van der Waals surface area (Å²) in [4.78, 5) is 1.98. The summed E-state index contributed by atoms with van der Waals surface area (Å²) in [7, 11) is -1.07. The average Bonchev–Trinajstić information content (AvgIpc) is 2.75. The van der Waals surface area contributed by atoms with Crippen LogP contribution in [0.3, 0.4) is 0 Å². The Balaban J connectivity index is 2.26. The molecule has 4 nitrogen and oxygen atoms in total. The van der Waals surface area contributed by atoms with Crippen molar-refractivity contribution in [1.29, 1.82) is 0 Å². The zero-order chi connectivity index (χ0) is 14.9. The van der Waals surface area contributed by atoms with Crippen molar-refractivity contribution in [1.82, 2.24) is 4.90 Å². The van der Waals surface area contributed by atoms with Crippen LogP contribution in [0.15, 0.2) is 18.2 Å². The monoisotopic (exact) mass is 300 g/mol. The van der Waals surface area contributed by atoms with Gasteiger partial charge in [0.1, 0.15) is 5.82 Å². The molecule has 0 radical (unpaired) electrons. The predicted octanol–water partition coefficient (Wildman–Crippen LogP) is 1.25. The molecule has 0 bridgehead atoms. The van der Waals surface area contributed by atoms with Crippen molar-refractivity contribution >= 4 is 9.84 Å². The topological polar surface area (TPSA) is 63.4 Å². The number of halogens is 1. The maximum atomic E-state index is 13.5. The minimum absolute atomic E-state index is 0.0452. The van der Waals surface area contributed by atoms with Gasteiger partial charge in [0.2, 0.25) is 0 Å². The number of aryl methyl sites for hydroxylation is 1. The third-order valence-electron chi connectivity index (χ3n) is 4.10. The fourth-order valence-electron chi connectivity index (χ4n) is 2.83. The second kappa shape index (κ2) is 5.79. The molecule has 0 aromatic heterocycles. The summed E-state index contributed by atoms with van der Waals surface area (Å²) in [6, 6.07) is 4.44. The van der Waals surface area contributed by atoms with E-state index in [1.54, 1.807) is 6.07 Å². The van der Waals surface area contributed by atoms with Crippen molar-refractivity contribution in [2.24, 2.45) is 5.73 Å². The Morgan fingerprint density at radius 3 is 2.75 bits per heavy atom. The maximum Gasteiger partial charge on any atom is 0.151 e. The van der Waals surface area contributed by atoms with E-state index in [1.807, 2.05) is 18.9 Å². The summed E-state index contributed by atoms with van der Waals surface area (Å²) < 4.78 is 36.6. The van der Waals surface area contributed by atoms with Crippen LogP contribution in [0, 0.1) is 12.7 Å². The van der Waals surface area contributed by atoms with Gasteiger partial charge < -0.3 is 5.73 Å². The zero-order valence-corrected chi connectivity index (χ0v) is 12.7. The van der Waals surface area contributed by atoms with Crippen molar-refractivity contribution in [3.05, 3.63) is 35.1 Å². The van der Waals surface area contributed by atoms with Gasteiger partial charge >= 0.3 is 0 Å². The summed E-state index contributed by atoms with van der Waals surface area (Å²) in [5.41, 5.74) is 7.65. The fraction of sp³-hybridized carbons (Fsp3) is 0.571. The highest BCUT2D eigenvalue weighted by molar-refractivity contribution is 7.91. The van der Waals surface area contributed by atoms with Gasteiger partial charge in [-0.25, -0.2) is 12.8 Å². The number of nitrogens with zero attached hydrogens (tertiary/aromatic N) is 1. The largest absolute Gasteiger partial charge is 0.329 e. The lowest BCUT2D eigenvalue weighted by atomic mass is 9.98. The lowest BCUT2D eigenvalue weighted by molar-refractivity contribution is 0.191. The van der Waals surface area contributed by atoms with Crippen LogP contribution in [0.5, 0.6) is 0 Å². The molecule has 0 saturated carbocycles. The molecule has 2 unspecified atom stereocenters. The van der Waals surface area contributed by atoms with Crippen LogP contribution in [-0.4, -0.2) is 44.5 Å². The first kappa shape index (κ1) is 15.4. The smallest absolute Gasteiger partial charge is 0.151 e. The van der Waals surface area contributed by atoms with Crippen molar-refractivity contribution < 1.29 is 12.8 Å². The van der Waals surface area contributed by atoms with Gasteiger partial charge in [-0.3, -0.25) is 4.90 Å². The van der Waals surface area contributed by atoms with E-state index in [0.29, 0.717) is 13.0 Å². The van der Waals surface area contributed by atoms with Gasteiger partial charge in [-0.15, -0.1) is 0 Å². The molecule has 1 heterocycles. The minimum Gasteiger partial charge on any atom is -0.329 e. The van der Waals surface area contributed by atoms with Gasteiger partial charge in [0, 0.05) is 18.6 Å². The van der Waals surface area contributed by atoms with Gasteiger partial charge in [-0.2, -0.15) is 0 Å². The molecule has 1 aliphatic rings. The molecule has 6 heteroatoms. The van der Waals surface area contributed by atoms with Crippen LogP contribution < -0.4 is 5.73 Å². The Morgan fingerprint density at radius 1 is 1.50 bits per heavy atom. The van der Waals surface area contributed by atoms with E-state index in [-0.39, 0.29) is 29.4 Å². The summed E-state index contributed by atoms with van der Waals surface area (Å²) >= 11 is 0. The maximum absolute atomic E-state index is 13.5. The minimum atomic E-state index is -2.94. The summed E-state index contributed by atoms with van der Waals surface area (Å²) in [5, 5.41) is 0. The molecule has 1 saturated heterocycles. The second-order valence-corrected chi connectivity index (χ2v) is 7.70. The van der Waals surface area contributed by atoms with E-state index >= 15 is 0 Å². The molecule has 1 aromatic rings. The Labute approximate surface area is 119 Å². The molecule has 20 heavy (non-hydrogen) atoms. The van der Waals surface area contributed by atoms with E-state index in [1.165, 1.54) is 12.1 Å². The lowest BCUT2D eigenvalue weighted by Crippen LogP contribution is -2.39. The van der Waals surface area contributed by atoms with Gasteiger partial charge in [0.25, 0.3) is 0 Å². The van der Waals surface area contributed by atoms with E-state index in [0.717, 1.165) is 11.1 Å². The normalized spacial score (nSPS) is 23.1. The SMILES string of the molecule is Cc1ccc(F)cc1C(CN)N(C)C1CCS(=O)(=O)C1. The summed E-state index contributed by atoms with van der Waals surface area (Å²) in [5.74, 6) is 0.0898. The molecule has 1 fully saturated rings. The number of likely N-dealkylation sites (N-methyl/N-ethyl adjacent to an activating group) is 1. The molecule has 1 aromatic carbocycles. The fourth-order valence-corrected chi connectivity index (χ4v) is 4.62. The molecule has 0 amide bonds. The average molecular weight is 300 g/mol. The molecule has 2 rings (SSSR count). The van der Waals surface area contributed by atoms with Crippen LogP contribution in [0.2, 0.25) is 0 Å².